The predicted octanol–water partition coefficient (Wildman–Crippen LogP) is 2.37. The van der Waals surface area contributed by atoms with Gasteiger partial charge in [0.05, 0.1) is 11.1 Å². The van der Waals surface area contributed by atoms with Gasteiger partial charge in [0, 0.05) is 43.1 Å². The fourth-order valence-electron chi connectivity index (χ4n) is 3.14. The molecule has 0 fully saturated rings. The van der Waals surface area contributed by atoms with Gasteiger partial charge in [0.15, 0.2) is 0 Å². The van der Waals surface area contributed by atoms with E-state index in [1.807, 2.05) is 47.1 Å². The van der Waals surface area contributed by atoms with Crippen molar-refractivity contribution in [2.75, 3.05) is 19.3 Å². The summed E-state index contributed by atoms with van der Waals surface area (Å²) in [5.41, 5.74) is 2.92. The third-order valence-corrected chi connectivity index (χ3v) is 7.13. The van der Waals surface area contributed by atoms with Crippen molar-refractivity contribution in [2.45, 2.75) is 13.0 Å². The van der Waals surface area contributed by atoms with Crippen molar-refractivity contribution in [1.82, 2.24) is 19.0 Å². The summed E-state index contributed by atoms with van der Waals surface area (Å²) in [6.45, 7) is 1.28. The number of carbonyl (C=O) groups excluding carboxylic acids is 1. The summed E-state index contributed by atoms with van der Waals surface area (Å²) in [6, 6.07) is 7.64. The Morgan fingerprint density at radius 1 is 1.29 bits per heavy atom. The van der Waals surface area contributed by atoms with Crippen molar-refractivity contribution in [1.29, 1.82) is 0 Å². The molecule has 146 valence electrons. The molecule has 1 N–H and O–H groups in total. The van der Waals surface area contributed by atoms with E-state index in [1.165, 1.54) is 21.9 Å². The van der Waals surface area contributed by atoms with Gasteiger partial charge in [-0.25, -0.2) is 13.4 Å². The molecule has 4 rings (SSSR count). The number of rotatable bonds is 5. The molecule has 1 amide bonds. The molecule has 7 nitrogen and oxygen atoms in total. The second kappa shape index (κ2) is 7.50. The van der Waals surface area contributed by atoms with Crippen LogP contribution in [0.3, 0.4) is 0 Å². The van der Waals surface area contributed by atoms with Gasteiger partial charge >= 0.3 is 0 Å². The molecule has 0 aromatic carbocycles. The zero-order valence-corrected chi connectivity index (χ0v) is 17.0. The van der Waals surface area contributed by atoms with Crippen LogP contribution in [0.25, 0.3) is 11.2 Å². The SMILES string of the molecule is CS(=O)(=O)N1CC=C(c2ccc(C(=O)NCc3ccn4ccnc4c3)s2)CC1. The van der Waals surface area contributed by atoms with Crippen molar-refractivity contribution in [3.8, 4) is 0 Å². The molecule has 0 atom stereocenters. The van der Waals surface area contributed by atoms with E-state index in [2.05, 4.69) is 10.3 Å². The van der Waals surface area contributed by atoms with Crippen LogP contribution in [-0.2, 0) is 16.6 Å². The lowest BCUT2D eigenvalue weighted by Crippen LogP contribution is -2.33. The molecule has 4 heterocycles. The molecule has 0 bridgehead atoms. The average Bonchev–Trinajstić information content (AvgIpc) is 3.34. The summed E-state index contributed by atoms with van der Waals surface area (Å²) in [5.74, 6) is -0.117. The molecule has 3 aromatic heterocycles. The smallest absolute Gasteiger partial charge is 0.261 e. The maximum Gasteiger partial charge on any atom is 0.261 e. The number of carbonyl (C=O) groups is 1. The average molecular weight is 417 g/mol. The maximum atomic E-state index is 12.5. The molecule has 0 aliphatic carbocycles. The van der Waals surface area contributed by atoms with Crippen LogP contribution in [0.4, 0.5) is 0 Å². The highest BCUT2D eigenvalue weighted by atomic mass is 32.2. The number of hydrogen-bond acceptors (Lipinski definition) is 5. The molecule has 0 saturated carbocycles. The molecule has 9 heteroatoms. The number of nitrogens with zero attached hydrogens (tertiary/aromatic N) is 3. The number of nitrogens with one attached hydrogen (secondary N) is 1. The molecule has 3 aromatic rings. The Hall–Kier alpha value is -2.49. The van der Waals surface area contributed by atoms with Gasteiger partial charge in [-0.2, -0.15) is 4.31 Å². The summed E-state index contributed by atoms with van der Waals surface area (Å²) in [5, 5.41) is 2.94. The second-order valence-electron chi connectivity index (χ2n) is 6.67. The Morgan fingerprint density at radius 2 is 2.14 bits per heavy atom. The fraction of sp³-hybridized carbons (Fsp3) is 0.263. The molecular formula is C19H20N4O3S2. The van der Waals surface area contributed by atoms with Crippen molar-refractivity contribution < 1.29 is 13.2 Å². The minimum Gasteiger partial charge on any atom is -0.347 e. The number of amides is 1. The third kappa shape index (κ3) is 4.01. The van der Waals surface area contributed by atoms with E-state index < -0.39 is 10.0 Å². The van der Waals surface area contributed by atoms with Crippen LogP contribution in [0.2, 0.25) is 0 Å². The van der Waals surface area contributed by atoms with E-state index >= 15 is 0 Å². The first-order valence-electron chi connectivity index (χ1n) is 8.84. The molecule has 0 saturated heterocycles. The molecule has 1 aliphatic rings. The largest absolute Gasteiger partial charge is 0.347 e. The molecule has 28 heavy (non-hydrogen) atoms. The Balaban J connectivity index is 1.39. The number of aromatic nitrogens is 2. The van der Waals surface area contributed by atoms with E-state index in [-0.39, 0.29) is 5.91 Å². The minimum absolute atomic E-state index is 0.117. The molecular weight excluding hydrogens is 396 g/mol. The maximum absolute atomic E-state index is 12.5. The number of hydrogen-bond donors (Lipinski definition) is 1. The van der Waals surface area contributed by atoms with Crippen LogP contribution < -0.4 is 5.32 Å². The second-order valence-corrected chi connectivity index (χ2v) is 9.74. The van der Waals surface area contributed by atoms with Gasteiger partial charge in [-0.1, -0.05) is 6.08 Å². The Labute approximate surface area is 167 Å². The first-order valence-corrected chi connectivity index (χ1v) is 11.5. The molecule has 0 unspecified atom stereocenters. The Morgan fingerprint density at radius 3 is 2.89 bits per heavy atom. The van der Waals surface area contributed by atoms with Gasteiger partial charge in [-0.15, -0.1) is 11.3 Å². The van der Waals surface area contributed by atoms with Crippen molar-refractivity contribution in [3.63, 3.8) is 0 Å². The predicted molar refractivity (Wildman–Crippen MR) is 110 cm³/mol. The van der Waals surface area contributed by atoms with Gasteiger partial charge in [0.2, 0.25) is 10.0 Å². The van der Waals surface area contributed by atoms with Crippen molar-refractivity contribution in [2.24, 2.45) is 0 Å². The number of imidazole rings is 1. The van der Waals surface area contributed by atoms with Crippen LogP contribution in [0.15, 0.2) is 48.9 Å². The quantitative estimate of drug-likeness (QED) is 0.692. The molecule has 1 aliphatic heterocycles. The lowest BCUT2D eigenvalue weighted by molar-refractivity contribution is 0.0955. The van der Waals surface area contributed by atoms with E-state index in [9.17, 15) is 13.2 Å². The number of fused-ring (bicyclic) bond motifs is 1. The van der Waals surface area contributed by atoms with E-state index in [4.69, 9.17) is 0 Å². The number of pyridine rings is 1. The first kappa shape index (κ1) is 18.9. The molecule has 0 radical (unpaired) electrons. The summed E-state index contributed by atoms with van der Waals surface area (Å²) < 4.78 is 26.6. The van der Waals surface area contributed by atoms with Crippen LogP contribution in [0, 0.1) is 0 Å². The highest BCUT2D eigenvalue weighted by molar-refractivity contribution is 7.88. The van der Waals surface area contributed by atoms with Crippen molar-refractivity contribution in [3.05, 3.63) is 64.2 Å². The zero-order chi connectivity index (χ0) is 19.7. The lowest BCUT2D eigenvalue weighted by atomic mass is 10.1. The van der Waals surface area contributed by atoms with Crippen LogP contribution in [0.5, 0.6) is 0 Å². The number of thiophene rings is 1. The van der Waals surface area contributed by atoms with Gasteiger partial charge in [-0.05, 0) is 41.8 Å². The number of sulfonamides is 1. The third-order valence-electron chi connectivity index (χ3n) is 4.70. The summed E-state index contributed by atoms with van der Waals surface area (Å²) in [7, 11) is -3.16. The van der Waals surface area contributed by atoms with Crippen LogP contribution in [0.1, 0.15) is 26.5 Å². The highest BCUT2D eigenvalue weighted by Crippen LogP contribution is 2.29. The highest BCUT2D eigenvalue weighted by Gasteiger charge is 2.21. The van der Waals surface area contributed by atoms with E-state index in [0.717, 1.165) is 21.7 Å². The first-order chi connectivity index (χ1) is 13.4. The van der Waals surface area contributed by atoms with E-state index in [1.54, 1.807) is 6.20 Å². The van der Waals surface area contributed by atoms with Crippen molar-refractivity contribution >= 4 is 38.5 Å². The topological polar surface area (TPSA) is 83.8 Å². The standard InChI is InChI=1S/C19H20N4O3S2/c1-28(25,26)23-9-5-15(6-10-23)16-2-3-17(27-16)19(24)21-13-14-4-8-22-11-7-20-18(22)12-14/h2-5,7-8,11-12H,6,9-10,13H2,1H3,(H,21,24). The van der Waals surface area contributed by atoms with Gasteiger partial charge in [0.25, 0.3) is 5.91 Å². The van der Waals surface area contributed by atoms with E-state index in [0.29, 0.717) is 30.9 Å². The summed E-state index contributed by atoms with van der Waals surface area (Å²) in [6.07, 6.45) is 9.34. The van der Waals surface area contributed by atoms with Gasteiger partial charge in [-0.3, -0.25) is 4.79 Å². The Bertz CT molecular complexity index is 1160. The monoisotopic (exact) mass is 416 g/mol. The normalized spacial score (nSPS) is 15.5. The summed E-state index contributed by atoms with van der Waals surface area (Å²) >= 11 is 1.43. The summed E-state index contributed by atoms with van der Waals surface area (Å²) in [4.78, 5) is 18.4. The van der Waals surface area contributed by atoms with Crippen LogP contribution >= 0.6 is 11.3 Å². The van der Waals surface area contributed by atoms with Crippen LogP contribution in [-0.4, -0.2) is 47.4 Å². The van der Waals surface area contributed by atoms with Gasteiger partial charge in [0.1, 0.15) is 5.65 Å². The molecule has 0 spiro atoms. The Kier molecular flexibility index (Phi) is 5.05. The van der Waals surface area contributed by atoms with Gasteiger partial charge < -0.3 is 9.72 Å². The fourth-order valence-corrected chi connectivity index (χ4v) is 4.90. The zero-order valence-electron chi connectivity index (χ0n) is 15.3. The lowest BCUT2D eigenvalue weighted by Gasteiger charge is -2.23. The minimum atomic E-state index is -3.16.